The van der Waals surface area contributed by atoms with Gasteiger partial charge in [-0.15, -0.1) is 22.7 Å². The first-order valence-corrected chi connectivity index (χ1v) is 10.6. The largest absolute Gasteiger partial charge is 0.378 e. The predicted octanol–water partition coefficient (Wildman–Crippen LogP) is 3.55. The first-order valence-electron chi connectivity index (χ1n) is 8.97. The van der Waals surface area contributed by atoms with Gasteiger partial charge in [0.15, 0.2) is 0 Å². The minimum absolute atomic E-state index is 0.136. The van der Waals surface area contributed by atoms with E-state index in [0.717, 1.165) is 21.1 Å². The number of hydrogen-bond donors (Lipinski definition) is 1. The Morgan fingerprint density at radius 3 is 3.10 bits per heavy atom. The lowest BCUT2D eigenvalue weighted by Gasteiger charge is -2.33. The van der Waals surface area contributed by atoms with E-state index in [-0.39, 0.29) is 11.7 Å². The molecule has 1 aromatic carbocycles. The number of nitrogens with zero attached hydrogens (tertiary/aromatic N) is 4. The number of ether oxygens (including phenoxy) is 1. The maximum Gasteiger partial charge on any atom is 0.266 e. The maximum atomic E-state index is 14.2. The van der Waals surface area contributed by atoms with Crippen LogP contribution in [-0.4, -0.2) is 44.4 Å². The molecule has 4 aromatic rings. The normalized spacial score (nSPS) is 16.3. The number of carbonyl (C=O) groups excluding carboxylic acids is 1. The van der Waals surface area contributed by atoms with E-state index < -0.39 is 6.04 Å². The van der Waals surface area contributed by atoms with E-state index in [4.69, 9.17) is 4.74 Å². The fraction of sp³-hybridized carbons (Fsp3) is 0.263. The van der Waals surface area contributed by atoms with E-state index in [9.17, 15) is 9.18 Å². The molecular weight excluding hydrogens is 413 g/mol. The summed E-state index contributed by atoms with van der Waals surface area (Å²) in [5.74, 6) is -0.504. The lowest BCUT2D eigenvalue weighted by Crippen LogP contribution is -2.40. The number of aromatic nitrogens is 4. The Kier molecular flexibility index (Phi) is 4.61. The van der Waals surface area contributed by atoms with E-state index in [0.29, 0.717) is 35.0 Å². The van der Waals surface area contributed by atoms with Crippen molar-refractivity contribution in [3.8, 4) is 0 Å². The van der Waals surface area contributed by atoms with Gasteiger partial charge < -0.3 is 14.6 Å². The van der Waals surface area contributed by atoms with Gasteiger partial charge in [-0.05, 0) is 12.1 Å². The number of carbonyl (C=O) groups is 1. The van der Waals surface area contributed by atoms with Gasteiger partial charge in [-0.3, -0.25) is 4.79 Å². The van der Waals surface area contributed by atoms with E-state index in [2.05, 4.69) is 19.9 Å². The molecule has 0 saturated carbocycles. The third-order valence-corrected chi connectivity index (χ3v) is 6.87. The summed E-state index contributed by atoms with van der Waals surface area (Å²) in [4.78, 5) is 32.0. The quantitative estimate of drug-likeness (QED) is 0.536. The number of rotatable bonds is 4. The number of benzene rings is 1. The lowest BCUT2D eigenvalue weighted by molar-refractivity contribution is 0.0695. The highest BCUT2D eigenvalue weighted by atomic mass is 32.1. The maximum absolute atomic E-state index is 14.2. The van der Waals surface area contributed by atoms with Gasteiger partial charge in [0, 0.05) is 25.8 Å². The number of hydrogen-bond acceptors (Lipinski definition) is 7. The molecule has 0 radical (unpaired) electrons. The van der Waals surface area contributed by atoms with Gasteiger partial charge in [-0.25, -0.2) is 19.3 Å². The number of imidazole rings is 1. The molecule has 10 heteroatoms. The van der Waals surface area contributed by atoms with Gasteiger partial charge in [0.2, 0.25) is 0 Å². The second-order valence-electron chi connectivity index (χ2n) is 6.61. The second-order valence-corrected chi connectivity index (χ2v) is 8.78. The van der Waals surface area contributed by atoms with E-state index in [1.807, 2.05) is 6.07 Å². The van der Waals surface area contributed by atoms with Gasteiger partial charge in [0.05, 0.1) is 29.5 Å². The minimum Gasteiger partial charge on any atom is -0.378 e. The Balaban J connectivity index is 1.58. The van der Waals surface area contributed by atoms with Crippen LogP contribution < -0.4 is 0 Å². The highest BCUT2D eigenvalue weighted by molar-refractivity contribution is 7.18. The summed E-state index contributed by atoms with van der Waals surface area (Å²) in [6.45, 7) is 0.872. The summed E-state index contributed by atoms with van der Waals surface area (Å²) in [6, 6.07) is 4.42. The molecule has 0 spiro atoms. The van der Waals surface area contributed by atoms with Crippen molar-refractivity contribution in [2.75, 3.05) is 13.7 Å². The summed E-state index contributed by atoms with van der Waals surface area (Å²) in [5, 5.41) is 1.39. The van der Waals surface area contributed by atoms with Crippen LogP contribution in [0.25, 0.3) is 10.2 Å². The Morgan fingerprint density at radius 2 is 2.28 bits per heavy atom. The molecule has 1 aliphatic heterocycles. The molecular formula is C19H16FN5O2S2. The smallest absolute Gasteiger partial charge is 0.266 e. The van der Waals surface area contributed by atoms with Crippen LogP contribution in [-0.2, 0) is 17.8 Å². The summed E-state index contributed by atoms with van der Waals surface area (Å²) in [6.07, 6.45) is 3.87. The second kappa shape index (κ2) is 7.29. The van der Waals surface area contributed by atoms with Crippen LogP contribution in [0.4, 0.5) is 4.39 Å². The molecule has 1 amide bonds. The number of nitrogens with one attached hydrogen (secondary N) is 1. The fourth-order valence-corrected chi connectivity index (χ4v) is 5.48. The van der Waals surface area contributed by atoms with E-state index in [1.165, 1.54) is 28.7 Å². The van der Waals surface area contributed by atoms with E-state index >= 15 is 0 Å². The first kappa shape index (κ1) is 18.3. The molecule has 1 N–H and O–H groups in total. The molecule has 3 aromatic heterocycles. The molecule has 29 heavy (non-hydrogen) atoms. The van der Waals surface area contributed by atoms with E-state index in [1.54, 1.807) is 30.6 Å². The fourth-order valence-electron chi connectivity index (χ4n) is 3.54. The van der Waals surface area contributed by atoms with Gasteiger partial charge in [-0.2, -0.15) is 0 Å². The number of fused-ring (bicyclic) bond motifs is 2. The number of methoxy groups -OCH3 is 1. The topological polar surface area (TPSA) is 84.0 Å². The van der Waals surface area contributed by atoms with Gasteiger partial charge in [-0.1, -0.05) is 6.07 Å². The molecule has 0 fully saturated rings. The third-order valence-electron chi connectivity index (χ3n) is 4.84. The first-order chi connectivity index (χ1) is 14.2. The Hall–Kier alpha value is -2.69. The van der Waals surface area contributed by atoms with Crippen molar-refractivity contribution in [3.63, 3.8) is 0 Å². The number of aromatic amines is 1. The lowest BCUT2D eigenvalue weighted by atomic mass is 10.0. The number of para-hydroxylation sites is 1. The van der Waals surface area contributed by atoms with Crippen molar-refractivity contribution >= 4 is 38.8 Å². The van der Waals surface area contributed by atoms with Crippen molar-refractivity contribution in [1.29, 1.82) is 0 Å². The molecule has 7 nitrogen and oxygen atoms in total. The predicted molar refractivity (Wildman–Crippen MR) is 108 cm³/mol. The van der Waals surface area contributed by atoms with Gasteiger partial charge in [0.25, 0.3) is 5.91 Å². The molecule has 5 rings (SSSR count). The van der Waals surface area contributed by atoms with Crippen LogP contribution >= 0.6 is 22.7 Å². The van der Waals surface area contributed by atoms with Gasteiger partial charge >= 0.3 is 0 Å². The molecule has 0 unspecified atom stereocenters. The average molecular weight is 430 g/mol. The van der Waals surface area contributed by atoms with Crippen molar-refractivity contribution in [1.82, 2.24) is 24.8 Å². The summed E-state index contributed by atoms with van der Waals surface area (Å²) in [7, 11) is 1.59. The Labute approximate surface area is 173 Å². The standard InChI is InChI=1S/C19H16FN5O2S2/c1-27-8-14-21-7-13(28-14)19(26)25-6-5-11-16(23-9-22-11)17(25)18-24-15-10(20)3-2-4-12(15)29-18/h2-4,7,9,17H,5-6,8H2,1H3,(H,22,23)/t17-/m0/s1. The molecule has 0 bridgehead atoms. The van der Waals surface area contributed by atoms with Crippen LogP contribution in [0.15, 0.2) is 30.7 Å². The highest BCUT2D eigenvalue weighted by Gasteiger charge is 2.37. The zero-order valence-electron chi connectivity index (χ0n) is 15.4. The molecule has 1 atom stereocenters. The molecule has 0 saturated heterocycles. The van der Waals surface area contributed by atoms with Gasteiger partial charge in [0.1, 0.15) is 32.3 Å². The summed E-state index contributed by atoms with van der Waals surface area (Å²) < 4.78 is 20.1. The molecule has 1 aliphatic rings. The average Bonchev–Trinajstić information content (AvgIpc) is 3.46. The van der Waals surface area contributed by atoms with Crippen molar-refractivity contribution in [2.24, 2.45) is 0 Å². The van der Waals surface area contributed by atoms with Crippen LogP contribution in [0, 0.1) is 5.82 Å². The third kappa shape index (κ3) is 3.13. The molecule has 4 heterocycles. The Morgan fingerprint density at radius 1 is 1.38 bits per heavy atom. The number of thiazole rings is 2. The zero-order chi connectivity index (χ0) is 20.0. The number of halogens is 1. The minimum atomic E-state index is -0.470. The van der Waals surface area contributed by atoms with Crippen molar-refractivity contribution in [2.45, 2.75) is 19.1 Å². The molecule has 0 aliphatic carbocycles. The van der Waals surface area contributed by atoms with Crippen LogP contribution in [0.3, 0.4) is 0 Å². The number of H-pyrrole nitrogens is 1. The Bertz CT molecular complexity index is 1200. The summed E-state index contributed by atoms with van der Waals surface area (Å²) >= 11 is 2.70. The molecule has 148 valence electrons. The van der Waals surface area contributed by atoms with Crippen LogP contribution in [0.5, 0.6) is 0 Å². The van der Waals surface area contributed by atoms with Crippen molar-refractivity contribution in [3.05, 3.63) is 62.8 Å². The SMILES string of the molecule is COCc1ncc(C(=O)N2CCc3[nH]cnc3[C@H]2c2nc3c(F)cccc3s2)s1. The zero-order valence-corrected chi connectivity index (χ0v) is 17.0. The van der Waals surface area contributed by atoms with Crippen molar-refractivity contribution < 1.29 is 13.9 Å². The highest BCUT2D eigenvalue weighted by Crippen LogP contribution is 2.38. The summed E-state index contributed by atoms with van der Waals surface area (Å²) in [5.41, 5.74) is 2.05. The monoisotopic (exact) mass is 429 g/mol. The number of amides is 1. The van der Waals surface area contributed by atoms with Crippen LogP contribution in [0.2, 0.25) is 0 Å². The van der Waals surface area contributed by atoms with Crippen LogP contribution in [0.1, 0.15) is 37.1 Å².